The molecule has 0 spiro atoms. The van der Waals surface area contributed by atoms with Crippen LogP contribution < -0.4 is 10.2 Å². The van der Waals surface area contributed by atoms with E-state index in [4.69, 9.17) is 0 Å². The fourth-order valence-corrected chi connectivity index (χ4v) is 1.71. The highest BCUT2D eigenvalue weighted by atomic mass is 32.1. The van der Waals surface area contributed by atoms with Crippen molar-refractivity contribution in [1.29, 1.82) is 0 Å². The Labute approximate surface area is 112 Å². The Hall–Kier alpha value is -1.75. The lowest BCUT2D eigenvalue weighted by atomic mass is 10.3. The van der Waals surface area contributed by atoms with E-state index in [0.717, 1.165) is 29.6 Å². The van der Waals surface area contributed by atoms with E-state index in [0.29, 0.717) is 0 Å². The van der Waals surface area contributed by atoms with Gasteiger partial charge in [0.25, 0.3) is 0 Å². The molecule has 1 N–H and O–H groups in total. The van der Waals surface area contributed by atoms with Gasteiger partial charge < -0.3 is 10.2 Å². The summed E-state index contributed by atoms with van der Waals surface area (Å²) in [6, 6.07) is 12.0. The lowest BCUT2D eigenvalue weighted by Gasteiger charge is -2.18. The predicted molar refractivity (Wildman–Crippen MR) is 78.9 cm³/mol. The average Bonchev–Trinajstić information content (AvgIpc) is 2.45. The maximum atomic E-state index is 4.28. The Bertz CT molecular complexity index is 489. The molecule has 18 heavy (non-hydrogen) atoms. The van der Waals surface area contributed by atoms with Crippen LogP contribution in [0.5, 0.6) is 0 Å². The molecule has 0 aliphatic rings. The van der Waals surface area contributed by atoms with E-state index in [-0.39, 0.29) is 0 Å². The number of rotatable bonds is 5. The molecule has 0 radical (unpaired) electrons. The standard InChI is InChI=1S/C13H16N4S/c1-17(11-5-3-2-4-6-11)13-9-12(14-7-8-18)15-10-16-13/h2-6,9-10,18H,7-8H2,1H3,(H,14,15,16). The lowest BCUT2D eigenvalue weighted by molar-refractivity contribution is 1.06. The van der Waals surface area contributed by atoms with Crippen LogP contribution in [0.25, 0.3) is 0 Å². The molecule has 5 heteroatoms. The first-order valence-corrected chi connectivity index (χ1v) is 6.40. The molecule has 2 aromatic rings. The fraction of sp³-hybridized carbons (Fsp3) is 0.231. The molecule has 1 aromatic heterocycles. The van der Waals surface area contributed by atoms with Crippen molar-refractivity contribution in [1.82, 2.24) is 9.97 Å². The molecule has 1 aromatic carbocycles. The molecule has 2 rings (SSSR count). The zero-order valence-corrected chi connectivity index (χ0v) is 11.1. The largest absolute Gasteiger partial charge is 0.369 e. The van der Waals surface area contributed by atoms with E-state index in [1.165, 1.54) is 0 Å². The molecule has 0 saturated heterocycles. The summed E-state index contributed by atoms with van der Waals surface area (Å²) in [7, 11) is 1.99. The number of para-hydroxylation sites is 1. The number of thiol groups is 1. The highest BCUT2D eigenvalue weighted by Crippen LogP contribution is 2.21. The van der Waals surface area contributed by atoms with Gasteiger partial charge in [-0.05, 0) is 12.1 Å². The maximum Gasteiger partial charge on any atom is 0.138 e. The zero-order chi connectivity index (χ0) is 12.8. The third-order valence-electron chi connectivity index (χ3n) is 2.56. The zero-order valence-electron chi connectivity index (χ0n) is 10.2. The molecule has 4 nitrogen and oxygen atoms in total. The number of nitrogens with zero attached hydrogens (tertiary/aromatic N) is 3. The number of benzene rings is 1. The van der Waals surface area contributed by atoms with E-state index >= 15 is 0 Å². The molecule has 1 heterocycles. The molecule has 0 atom stereocenters. The SMILES string of the molecule is CN(c1ccccc1)c1cc(NCCS)ncn1. The molecule has 0 amide bonds. The summed E-state index contributed by atoms with van der Waals surface area (Å²) in [5, 5.41) is 3.19. The third kappa shape index (κ3) is 3.13. The van der Waals surface area contributed by atoms with Gasteiger partial charge in [0.15, 0.2) is 0 Å². The van der Waals surface area contributed by atoms with Crippen LogP contribution >= 0.6 is 12.6 Å². The Kier molecular flexibility index (Phi) is 4.41. The van der Waals surface area contributed by atoms with Crippen LogP contribution in [0, 0.1) is 0 Å². The minimum Gasteiger partial charge on any atom is -0.369 e. The van der Waals surface area contributed by atoms with Crippen molar-refractivity contribution in [3.8, 4) is 0 Å². The van der Waals surface area contributed by atoms with E-state index < -0.39 is 0 Å². The van der Waals surface area contributed by atoms with Gasteiger partial charge in [-0.3, -0.25) is 0 Å². The van der Waals surface area contributed by atoms with Crippen molar-refractivity contribution in [2.75, 3.05) is 29.6 Å². The number of anilines is 3. The topological polar surface area (TPSA) is 41.0 Å². The maximum absolute atomic E-state index is 4.28. The van der Waals surface area contributed by atoms with Crippen LogP contribution in [0.2, 0.25) is 0 Å². The number of nitrogens with one attached hydrogen (secondary N) is 1. The molecule has 94 valence electrons. The molecular weight excluding hydrogens is 244 g/mol. The summed E-state index contributed by atoms with van der Waals surface area (Å²) in [5.41, 5.74) is 1.09. The summed E-state index contributed by atoms with van der Waals surface area (Å²) in [4.78, 5) is 10.5. The van der Waals surface area contributed by atoms with E-state index in [2.05, 4.69) is 27.9 Å². The van der Waals surface area contributed by atoms with Crippen molar-refractivity contribution >= 4 is 30.0 Å². The first-order chi connectivity index (χ1) is 8.81. The van der Waals surface area contributed by atoms with Crippen molar-refractivity contribution in [2.45, 2.75) is 0 Å². The summed E-state index contributed by atoms with van der Waals surface area (Å²) in [6.07, 6.45) is 1.57. The second-order valence-corrected chi connectivity index (χ2v) is 4.25. The third-order valence-corrected chi connectivity index (χ3v) is 2.78. The van der Waals surface area contributed by atoms with Gasteiger partial charge >= 0.3 is 0 Å². The molecule has 0 aliphatic heterocycles. The molecule has 0 saturated carbocycles. The summed E-state index contributed by atoms with van der Waals surface area (Å²) < 4.78 is 0. The minimum atomic E-state index is 0.772. The Morgan fingerprint density at radius 2 is 2.00 bits per heavy atom. The monoisotopic (exact) mass is 260 g/mol. The Morgan fingerprint density at radius 3 is 2.72 bits per heavy atom. The van der Waals surface area contributed by atoms with Gasteiger partial charge in [0.1, 0.15) is 18.0 Å². The Balaban J connectivity index is 2.17. The van der Waals surface area contributed by atoms with Gasteiger partial charge in [0, 0.05) is 31.1 Å². The smallest absolute Gasteiger partial charge is 0.138 e. The lowest BCUT2D eigenvalue weighted by Crippen LogP contribution is -2.12. The van der Waals surface area contributed by atoms with Gasteiger partial charge in [-0.15, -0.1) is 0 Å². The summed E-state index contributed by atoms with van der Waals surface area (Å²) in [6.45, 7) is 0.786. The highest BCUT2D eigenvalue weighted by molar-refractivity contribution is 7.80. The Morgan fingerprint density at radius 1 is 1.22 bits per heavy atom. The predicted octanol–water partition coefficient (Wildman–Crippen LogP) is 2.59. The summed E-state index contributed by atoms with van der Waals surface area (Å²) in [5.74, 6) is 2.45. The number of hydrogen-bond donors (Lipinski definition) is 2. The van der Waals surface area contributed by atoms with Gasteiger partial charge in [0.2, 0.25) is 0 Å². The van der Waals surface area contributed by atoms with Gasteiger partial charge in [-0.1, -0.05) is 18.2 Å². The molecule has 0 aliphatic carbocycles. The molecular formula is C13H16N4S. The average molecular weight is 260 g/mol. The van der Waals surface area contributed by atoms with Gasteiger partial charge in [-0.25, -0.2) is 9.97 Å². The van der Waals surface area contributed by atoms with Crippen molar-refractivity contribution in [3.63, 3.8) is 0 Å². The number of aromatic nitrogens is 2. The van der Waals surface area contributed by atoms with E-state index in [1.54, 1.807) is 6.33 Å². The van der Waals surface area contributed by atoms with Crippen molar-refractivity contribution in [2.24, 2.45) is 0 Å². The first-order valence-electron chi connectivity index (χ1n) is 5.77. The minimum absolute atomic E-state index is 0.772. The second kappa shape index (κ2) is 6.26. The van der Waals surface area contributed by atoms with Gasteiger partial charge in [0.05, 0.1) is 0 Å². The number of hydrogen-bond acceptors (Lipinski definition) is 5. The van der Waals surface area contributed by atoms with Crippen LogP contribution in [-0.4, -0.2) is 29.3 Å². The molecule has 0 fully saturated rings. The quantitative estimate of drug-likeness (QED) is 0.811. The second-order valence-electron chi connectivity index (χ2n) is 3.81. The van der Waals surface area contributed by atoms with Crippen LogP contribution in [0.1, 0.15) is 0 Å². The normalized spacial score (nSPS) is 10.1. The molecule has 0 bridgehead atoms. The first kappa shape index (κ1) is 12.7. The van der Waals surface area contributed by atoms with E-state index in [1.807, 2.05) is 48.3 Å². The van der Waals surface area contributed by atoms with Crippen molar-refractivity contribution < 1.29 is 0 Å². The van der Waals surface area contributed by atoms with Crippen LogP contribution in [0.3, 0.4) is 0 Å². The van der Waals surface area contributed by atoms with Crippen LogP contribution in [-0.2, 0) is 0 Å². The van der Waals surface area contributed by atoms with Crippen LogP contribution in [0.4, 0.5) is 17.3 Å². The highest BCUT2D eigenvalue weighted by Gasteiger charge is 2.05. The van der Waals surface area contributed by atoms with Gasteiger partial charge in [-0.2, -0.15) is 12.6 Å². The fourth-order valence-electron chi connectivity index (χ4n) is 1.59. The van der Waals surface area contributed by atoms with Crippen LogP contribution in [0.15, 0.2) is 42.7 Å². The van der Waals surface area contributed by atoms with E-state index in [9.17, 15) is 0 Å². The molecule has 0 unspecified atom stereocenters. The summed E-state index contributed by atoms with van der Waals surface area (Å²) >= 11 is 4.16. The van der Waals surface area contributed by atoms with Crippen molar-refractivity contribution in [3.05, 3.63) is 42.7 Å².